The van der Waals surface area contributed by atoms with Gasteiger partial charge in [0.25, 0.3) is 0 Å². The Morgan fingerprint density at radius 2 is 2.00 bits per heavy atom. The van der Waals surface area contributed by atoms with Crippen molar-refractivity contribution in [3.8, 4) is 17.2 Å². The Kier molecular flexibility index (Phi) is 5.50. The molecule has 16 heavy (non-hydrogen) atoms. The molecule has 0 heterocycles. The van der Waals surface area contributed by atoms with Crippen LogP contribution >= 0.6 is 0 Å². The van der Waals surface area contributed by atoms with Gasteiger partial charge in [-0.15, -0.1) is 0 Å². The predicted octanol–water partition coefficient (Wildman–Crippen LogP) is 1.82. The van der Waals surface area contributed by atoms with Gasteiger partial charge in [-0.1, -0.05) is 0 Å². The van der Waals surface area contributed by atoms with Crippen LogP contribution in [0.1, 0.15) is 13.3 Å². The van der Waals surface area contributed by atoms with Crippen LogP contribution in [0.15, 0.2) is 18.2 Å². The van der Waals surface area contributed by atoms with E-state index in [1.54, 1.807) is 7.11 Å². The molecule has 0 atom stereocenters. The first-order valence-corrected chi connectivity index (χ1v) is 5.45. The van der Waals surface area contributed by atoms with Crippen LogP contribution in [0.3, 0.4) is 0 Å². The van der Waals surface area contributed by atoms with Gasteiger partial charge >= 0.3 is 0 Å². The van der Waals surface area contributed by atoms with Gasteiger partial charge in [0.1, 0.15) is 5.75 Å². The summed E-state index contributed by atoms with van der Waals surface area (Å²) in [4.78, 5) is 0. The number of benzene rings is 1. The third-order valence-corrected chi connectivity index (χ3v) is 2.05. The lowest BCUT2D eigenvalue weighted by Crippen LogP contribution is -2.06. The van der Waals surface area contributed by atoms with E-state index in [1.165, 1.54) is 0 Å². The third kappa shape index (κ3) is 3.62. The first-order valence-electron chi connectivity index (χ1n) is 5.45. The van der Waals surface area contributed by atoms with Gasteiger partial charge in [-0.3, -0.25) is 0 Å². The highest BCUT2D eigenvalue weighted by Crippen LogP contribution is 2.31. The van der Waals surface area contributed by atoms with Crippen LogP contribution < -0.4 is 19.9 Å². The molecule has 1 aromatic rings. The molecule has 0 spiro atoms. The number of hydrogen-bond donors (Lipinski definition) is 1. The normalized spacial score (nSPS) is 9.94. The first-order chi connectivity index (χ1) is 7.81. The zero-order chi connectivity index (χ0) is 11.8. The average molecular weight is 225 g/mol. The fourth-order valence-corrected chi connectivity index (χ4v) is 1.29. The zero-order valence-corrected chi connectivity index (χ0v) is 9.86. The molecule has 0 aliphatic rings. The van der Waals surface area contributed by atoms with Crippen molar-refractivity contribution in [2.45, 2.75) is 13.3 Å². The molecule has 4 heteroatoms. The maximum atomic E-state index is 5.51. The van der Waals surface area contributed by atoms with Crippen molar-refractivity contribution >= 4 is 0 Å². The summed E-state index contributed by atoms with van der Waals surface area (Å²) < 4.78 is 16.1. The van der Waals surface area contributed by atoms with Crippen molar-refractivity contribution in [1.29, 1.82) is 0 Å². The molecule has 1 aromatic carbocycles. The Morgan fingerprint density at radius 3 is 2.62 bits per heavy atom. The van der Waals surface area contributed by atoms with Gasteiger partial charge in [-0.25, -0.2) is 0 Å². The number of nitrogens with two attached hydrogens (primary N) is 1. The highest BCUT2D eigenvalue weighted by atomic mass is 16.5. The molecular weight excluding hydrogens is 206 g/mol. The lowest BCUT2D eigenvalue weighted by atomic mass is 10.3. The van der Waals surface area contributed by atoms with Crippen LogP contribution in [0.25, 0.3) is 0 Å². The molecule has 0 fully saturated rings. The topological polar surface area (TPSA) is 53.7 Å². The Bertz CT molecular complexity index is 315. The Morgan fingerprint density at radius 1 is 1.19 bits per heavy atom. The second kappa shape index (κ2) is 6.95. The fourth-order valence-electron chi connectivity index (χ4n) is 1.29. The summed E-state index contributed by atoms with van der Waals surface area (Å²) in [5.74, 6) is 2.19. The van der Waals surface area contributed by atoms with Crippen molar-refractivity contribution in [3.05, 3.63) is 18.2 Å². The molecule has 90 valence electrons. The summed E-state index contributed by atoms with van der Waals surface area (Å²) in [6.07, 6.45) is 0.843. The van der Waals surface area contributed by atoms with Gasteiger partial charge < -0.3 is 19.9 Å². The second-order valence-electron chi connectivity index (χ2n) is 3.24. The SMILES string of the molecule is CCOc1ccc(OCCCN)cc1OC. The zero-order valence-electron chi connectivity index (χ0n) is 9.86. The van der Waals surface area contributed by atoms with Crippen LogP contribution in [-0.4, -0.2) is 26.9 Å². The van der Waals surface area contributed by atoms with Crippen LogP contribution in [-0.2, 0) is 0 Å². The van der Waals surface area contributed by atoms with E-state index >= 15 is 0 Å². The summed E-state index contributed by atoms with van der Waals surface area (Å²) >= 11 is 0. The minimum Gasteiger partial charge on any atom is -0.493 e. The van der Waals surface area contributed by atoms with E-state index in [4.69, 9.17) is 19.9 Å². The molecule has 0 aliphatic carbocycles. The summed E-state index contributed by atoms with van der Waals surface area (Å²) in [6.45, 7) is 3.80. The quantitative estimate of drug-likeness (QED) is 0.719. The van der Waals surface area contributed by atoms with Gasteiger partial charge in [0.15, 0.2) is 11.5 Å². The Hall–Kier alpha value is -1.42. The standard InChI is InChI=1S/C12H19NO3/c1-3-15-11-6-5-10(9-12(11)14-2)16-8-4-7-13/h5-6,9H,3-4,7-8,13H2,1-2H3. The summed E-state index contributed by atoms with van der Waals surface area (Å²) in [7, 11) is 1.61. The summed E-state index contributed by atoms with van der Waals surface area (Å²) in [5.41, 5.74) is 5.39. The predicted molar refractivity (Wildman–Crippen MR) is 63.3 cm³/mol. The Labute approximate surface area is 96.3 Å². The lowest BCUT2D eigenvalue weighted by Gasteiger charge is -2.11. The molecule has 0 saturated heterocycles. The maximum absolute atomic E-state index is 5.51. The van der Waals surface area contributed by atoms with Gasteiger partial charge in [0.2, 0.25) is 0 Å². The van der Waals surface area contributed by atoms with Crippen LogP contribution in [0.5, 0.6) is 17.2 Å². The highest BCUT2D eigenvalue weighted by Gasteiger charge is 2.05. The van der Waals surface area contributed by atoms with Crippen molar-refractivity contribution in [1.82, 2.24) is 0 Å². The largest absolute Gasteiger partial charge is 0.493 e. The molecular formula is C12H19NO3. The Balaban J connectivity index is 2.66. The molecule has 0 unspecified atom stereocenters. The lowest BCUT2D eigenvalue weighted by molar-refractivity contribution is 0.297. The smallest absolute Gasteiger partial charge is 0.164 e. The number of ether oxygens (including phenoxy) is 3. The number of hydrogen-bond acceptors (Lipinski definition) is 4. The van der Waals surface area contributed by atoms with Gasteiger partial charge in [-0.2, -0.15) is 0 Å². The van der Waals surface area contributed by atoms with Gasteiger partial charge in [0.05, 0.1) is 20.3 Å². The summed E-state index contributed by atoms with van der Waals surface area (Å²) in [5, 5.41) is 0. The van der Waals surface area contributed by atoms with E-state index in [0.717, 1.165) is 17.9 Å². The van der Waals surface area contributed by atoms with E-state index in [1.807, 2.05) is 25.1 Å². The minimum absolute atomic E-state index is 0.615. The van der Waals surface area contributed by atoms with Crippen LogP contribution in [0, 0.1) is 0 Å². The van der Waals surface area contributed by atoms with E-state index in [2.05, 4.69) is 0 Å². The van der Waals surface area contributed by atoms with E-state index in [9.17, 15) is 0 Å². The van der Waals surface area contributed by atoms with Gasteiger partial charge in [-0.05, 0) is 32.0 Å². The molecule has 0 aromatic heterocycles. The van der Waals surface area contributed by atoms with Crippen molar-refractivity contribution < 1.29 is 14.2 Å². The average Bonchev–Trinajstić information content (AvgIpc) is 2.31. The molecule has 0 radical (unpaired) electrons. The number of rotatable bonds is 7. The molecule has 0 saturated carbocycles. The third-order valence-electron chi connectivity index (χ3n) is 2.05. The van der Waals surface area contributed by atoms with E-state index in [0.29, 0.717) is 25.5 Å². The van der Waals surface area contributed by atoms with E-state index < -0.39 is 0 Å². The van der Waals surface area contributed by atoms with Crippen molar-refractivity contribution in [2.75, 3.05) is 26.9 Å². The number of methoxy groups -OCH3 is 1. The second-order valence-corrected chi connectivity index (χ2v) is 3.24. The van der Waals surface area contributed by atoms with E-state index in [-0.39, 0.29) is 0 Å². The van der Waals surface area contributed by atoms with Crippen molar-refractivity contribution in [2.24, 2.45) is 5.73 Å². The van der Waals surface area contributed by atoms with Crippen LogP contribution in [0.2, 0.25) is 0 Å². The first kappa shape index (κ1) is 12.6. The molecule has 0 aliphatic heterocycles. The molecule has 0 amide bonds. The van der Waals surface area contributed by atoms with Gasteiger partial charge in [0, 0.05) is 6.07 Å². The highest BCUT2D eigenvalue weighted by molar-refractivity contribution is 5.45. The fraction of sp³-hybridized carbons (Fsp3) is 0.500. The molecule has 2 N–H and O–H groups in total. The summed E-state index contributed by atoms with van der Waals surface area (Å²) in [6, 6.07) is 5.53. The molecule has 0 bridgehead atoms. The molecule has 1 rings (SSSR count). The molecule has 4 nitrogen and oxygen atoms in total. The van der Waals surface area contributed by atoms with Crippen LogP contribution in [0.4, 0.5) is 0 Å². The monoisotopic (exact) mass is 225 g/mol. The van der Waals surface area contributed by atoms with Crippen molar-refractivity contribution in [3.63, 3.8) is 0 Å². The maximum Gasteiger partial charge on any atom is 0.164 e. The minimum atomic E-state index is 0.615.